The zero-order chi connectivity index (χ0) is 14.2. The van der Waals surface area contributed by atoms with Crippen LogP contribution in [0.25, 0.3) is 0 Å². The lowest BCUT2D eigenvalue weighted by Crippen LogP contribution is -2.16. The summed E-state index contributed by atoms with van der Waals surface area (Å²) < 4.78 is 26.9. The second kappa shape index (κ2) is 4.58. The quantitative estimate of drug-likeness (QED) is 0.745. The molecule has 0 unspecified atom stereocenters. The highest BCUT2D eigenvalue weighted by Gasteiger charge is 2.19. The van der Waals surface area contributed by atoms with Gasteiger partial charge in [0.1, 0.15) is 5.82 Å². The highest BCUT2D eigenvalue weighted by Crippen LogP contribution is 2.27. The van der Waals surface area contributed by atoms with E-state index < -0.39 is 10.0 Å². The zero-order valence-corrected chi connectivity index (χ0v) is 11.8. The molecule has 0 spiro atoms. The van der Waals surface area contributed by atoms with Crippen LogP contribution in [-0.2, 0) is 10.0 Å². The van der Waals surface area contributed by atoms with Gasteiger partial charge in [0, 0.05) is 0 Å². The number of nitrogens with zero attached hydrogens (tertiary/aromatic N) is 1. The summed E-state index contributed by atoms with van der Waals surface area (Å²) in [6.45, 7) is 5.40. The number of H-pyrrole nitrogens is 1. The Labute approximate surface area is 112 Å². The number of rotatable bonds is 3. The number of benzene rings is 1. The van der Waals surface area contributed by atoms with E-state index in [1.54, 1.807) is 13.0 Å². The van der Waals surface area contributed by atoms with Crippen molar-refractivity contribution in [3.8, 4) is 0 Å². The van der Waals surface area contributed by atoms with Crippen molar-refractivity contribution in [2.75, 3.05) is 10.5 Å². The molecule has 0 atom stereocenters. The Morgan fingerprint density at radius 1 is 1.26 bits per heavy atom. The minimum Gasteiger partial charge on any atom is -0.397 e. The molecule has 0 aliphatic rings. The van der Waals surface area contributed by atoms with Crippen molar-refractivity contribution < 1.29 is 8.42 Å². The van der Waals surface area contributed by atoms with Gasteiger partial charge in [-0.05, 0) is 38.0 Å². The van der Waals surface area contributed by atoms with Crippen LogP contribution in [0, 0.1) is 20.8 Å². The lowest BCUT2D eigenvalue weighted by Gasteiger charge is -2.13. The molecule has 4 N–H and O–H groups in total. The Morgan fingerprint density at radius 3 is 2.53 bits per heavy atom. The Bertz CT molecular complexity index is 719. The van der Waals surface area contributed by atoms with Crippen LogP contribution in [0.3, 0.4) is 0 Å². The van der Waals surface area contributed by atoms with Crippen LogP contribution < -0.4 is 10.5 Å². The molecule has 0 saturated carbocycles. The van der Waals surface area contributed by atoms with Crippen LogP contribution in [0.1, 0.15) is 17.0 Å². The first-order chi connectivity index (χ1) is 8.81. The zero-order valence-electron chi connectivity index (χ0n) is 11.0. The summed E-state index contributed by atoms with van der Waals surface area (Å²) in [5, 5.41) is 0.0188. The van der Waals surface area contributed by atoms with Gasteiger partial charge in [0.15, 0.2) is 5.03 Å². The first kappa shape index (κ1) is 13.4. The molecular formula is C12H16N4O2S. The molecule has 1 aromatic carbocycles. The number of aryl methyl sites for hydroxylation is 2. The molecule has 19 heavy (non-hydrogen) atoms. The Kier molecular flexibility index (Phi) is 3.23. The summed E-state index contributed by atoms with van der Waals surface area (Å²) in [6.07, 6.45) is 1.28. The van der Waals surface area contributed by atoms with E-state index in [1.165, 1.54) is 6.20 Å². The first-order valence-corrected chi connectivity index (χ1v) is 7.19. The predicted octanol–water partition coefficient (Wildman–Crippen LogP) is 1.72. The summed E-state index contributed by atoms with van der Waals surface area (Å²) in [5.74, 6) is 0.536. The molecule has 0 fully saturated rings. The first-order valence-electron chi connectivity index (χ1n) is 5.71. The molecule has 2 rings (SSSR count). The van der Waals surface area contributed by atoms with Crippen molar-refractivity contribution in [2.45, 2.75) is 25.8 Å². The third kappa shape index (κ3) is 2.55. The molecule has 2 aromatic rings. The summed E-state index contributed by atoms with van der Waals surface area (Å²) >= 11 is 0. The lowest BCUT2D eigenvalue weighted by molar-refractivity contribution is 0.598. The number of nitrogen functional groups attached to an aromatic ring is 1. The van der Waals surface area contributed by atoms with Crippen molar-refractivity contribution >= 4 is 21.4 Å². The standard InChI is InChI=1S/C12H16N4O2S/c1-7-4-5-10(13)12(8(7)2)16-19(17,18)11-6-14-9(3)15-11/h4-6,16H,13H2,1-3H3,(H,14,15). The number of hydrogen-bond donors (Lipinski definition) is 3. The van der Waals surface area contributed by atoms with E-state index in [1.807, 2.05) is 19.9 Å². The molecule has 0 aliphatic heterocycles. The second-order valence-corrected chi connectivity index (χ2v) is 6.06. The fourth-order valence-electron chi connectivity index (χ4n) is 1.70. The minimum atomic E-state index is -3.70. The van der Waals surface area contributed by atoms with E-state index in [-0.39, 0.29) is 5.03 Å². The number of nitrogens with two attached hydrogens (primary N) is 1. The normalized spacial score (nSPS) is 11.5. The molecule has 1 aromatic heterocycles. The van der Waals surface area contributed by atoms with Crippen LogP contribution in [0.15, 0.2) is 23.4 Å². The van der Waals surface area contributed by atoms with Gasteiger partial charge in [-0.3, -0.25) is 4.72 Å². The van der Waals surface area contributed by atoms with Gasteiger partial charge >= 0.3 is 0 Å². The van der Waals surface area contributed by atoms with Crippen LogP contribution in [0.5, 0.6) is 0 Å². The van der Waals surface area contributed by atoms with E-state index in [9.17, 15) is 8.42 Å². The van der Waals surface area contributed by atoms with Crippen LogP contribution in [0.2, 0.25) is 0 Å². The molecule has 7 heteroatoms. The third-order valence-electron chi connectivity index (χ3n) is 2.97. The second-order valence-electron chi connectivity index (χ2n) is 4.41. The van der Waals surface area contributed by atoms with Crippen molar-refractivity contribution in [2.24, 2.45) is 0 Å². The van der Waals surface area contributed by atoms with Crippen molar-refractivity contribution in [1.29, 1.82) is 0 Å². The topological polar surface area (TPSA) is 101 Å². The molecule has 0 saturated heterocycles. The number of aromatic nitrogens is 2. The van der Waals surface area contributed by atoms with Gasteiger partial charge in [-0.1, -0.05) is 6.07 Å². The number of hydrogen-bond acceptors (Lipinski definition) is 4. The fourth-order valence-corrected chi connectivity index (χ4v) is 2.82. The van der Waals surface area contributed by atoms with Gasteiger partial charge < -0.3 is 10.7 Å². The maximum atomic E-state index is 12.2. The third-order valence-corrected chi connectivity index (χ3v) is 4.23. The maximum absolute atomic E-state index is 12.2. The number of sulfonamides is 1. The average molecular weight is 280 g/mol. The monoisotopic (exact) mass is 280 g/mol. The number of aromatic amines is 1. The Hall–Kier alpha value is -2.02. The molecule has 6 nitrogen and oxygen atoms in total. The fraction of sp³-hybridized carbons (Fsp3) is 0.250. The smallest absolute Gasteiger partial charge is 0.279 e. The van der Waals surface area contributed by atoms with Crippen LogP contribution >= 0.6 is 0 Å². The summed E-state index contributed by atoms with van der Waals surface area (Å²) in [6, 6.07) is 3.53. The van der Waals surface area contributed by atoms with Crippen molar-refractivity contribution in [3.63, 3.8) is 0 Å². The molecule has 102 valence electrons. The summed E-state index contributed by atoms with van der Waals surface area (Å²) in [5.41, 5.74) is 8.40. The van der Waals surface area contributed by atoms with Crippen molar-refractivity contribution in [3.05, 3.63) is 35.3 Å². The van der Waals surface area contributed by atoms with Gasteiger partial charge in [0.25, 0.3) is 10.0 Å². The van der Waals surface area contributed by atoms with Gasteiger partial charge in [-0.2, -0.15) is 8.42 Å². The highest BCUT2D eigenvalue weighted by molar-refractivity contribution is 7.92. The SMILES string of the molecule is Cc1ncc(S(=O)(=O)Nc2c(N)ccc(C)c2C)[nH]1. The summed E-state index contributed by atoms with van der Waals surface area (Å²) in [7, 11) is -3.70. The highest BCUT2D eigenvalue weighted by atomic mass is 32.2. The van der Waals surface area contributed by atoms with E-state index in [2.05, 4.69) is 14.7 Å². The molecule has 0 amide bonds. The largest absolute Gasteiger partial charge is 0.397 e. The predicted molar refractivity (Wildman–Crippen MR) is 74.5 cm³/mol. The summed E-state index contributed by atoms with van der Waals surface area (Å²) in [4.78, 5) is 6.57. The minimum absolute atomic E-state index is 0.0188. The lowest BCUT2D eigenvalue weighted by atomic mass is 10.1. The van der Waals surface area contributed by atoms with E-state index in [0.717, 1.165) is 11.1 Å². The van der Waals surface area contributed by atoms with Crippen molar-refractivity contribution in [1.82, 2.24) is 9.97 Å². The molecule has 0 aliphatic carbocycles. The van der Waals surface area contributed by atoms with E-state index >= 15 is 0 Å². The molecule has 0 bridgehead atoms. The van der Waals surface area contributed by atoms with Gasteiger partial charge in [0.05, 0.1) is 17.6 Å². The number of nitrogens with one attached hydrogen (secondary N) is 2. The van der Waals surface area contributed by atoms with Crippen LogP contribution in [0.4, 0.5) is 11.4 Å². The van der Waals surface area contributed by atoms with Crippen LogP contribution in [-0.4, -0.2) is 18.4 Å². The van der Waals surface area contributed by atoms with Gasteiger partial charge in [0.2, 0.25) is 0 Å². The maximum Gasteiger partial charge on any atom is 0.279 e. The van der Waals surface area contributed by atoms with E-state index in [4.69, 9.17) is 5.73 Å². The van der Waals surface area contributed by atoms with Gasteiger partial charge in [-0.25, -0.2) is 4.98 Å². The molecular weight excluding hydrogens is 264 g/mol. The van der Waals surface area contributed by atoms with E-state index in [0.29, 0.717) is 17.2 Å². The Morgan fingerprint density at radius 2 is 1.95 bits per heavy atom. The number of anilines is 2. The molecule has 1 heterocycles. The van der Waals surface area contributed by atoms with Gasteiger partial charge in [-0.15, -0.1) is 0 Å². The number of imidazole rings is 1. The average Bonchev–Trinajstić information content (AvgIpc) is 2.77. The Balaban J connectivity index is 2.44. The molecule has 0 radical (unpaired) electrons.